The Morgan fingerprint density at radius 3 is 2.04 bits per heavy atom. The fourth-order valence-electron chi connectivity index (χ4n) is 2.43. The molecule has 1 aromatic carbocycles. The molecule has 2 rings (SSSR count). The highest BCUT2D eigenvalue weighted by molar-refractivity contribution is 5.82. The van der Waals surface area contributed by atoms with Gasteiger partial charge in [0.1, 0.15) is 11.3 Å². The quantitative estimate of drug-likeness (QED) is 0.890. The van der Waals surface area contributed by atoms with E-state index in [0.717, 1.165) is 4.68 Å². The molecule has 0 aliphatic carbocycles. The number of aromatic nitrogens is 2. The van der Waals surface area contributed by atoms with E-state index in [1.165, 1.54) is 21.3 Å². The molecule has 2 aromatic rings. The van der Waals surface area contributed by atoms with Crippen LogP contribution in [0.5, 0.6) is 17.2 Å². The van der Waals surface area contributed by atoms with Crippen LogP contribution in [0.2, 0.25) is 0 Å². The zero-order valence-electron chi connectivity index (χ0n) is 16.2. The monoisotopic (exact) mass is 363 g/mol. The van der Waals surface area contributed by atoms with Crippen molar-refractivity contribution in [2.75, 3.05) is 27.1 Å². The number of ether oxygens (including phenoxy) is 4. The lowest BCUT2D eigenvalue weighted by atomic mass is 10.1. The Hall–Kier alpha value is -2.90. The van der Waals surface area contributed by atoms with Gasteiger partial charge in [-0.2, -0.15) is 9.78 Å². The molecule has 2 N–H and O–H groups in total. The van der Waals surface area contributed by atoms with Gasteiger partial charge in [-0.15, -0.1) is 0 Å². The van der Waals surface area contributed by atoms with Gasteiger partial charge in [0.25, 0.3) is 0 Å². The fraction of sp³-hybridized carbons (Fsp3) is 0.444. The van der Waals surface area contributed by atoms with E-state index in [1.54, 1.807) is 39.8 Å². The summed E-state index contributed by atoms with van der Waals surface area (Å²) in [4.78, 5) is 12.4. The summed E-state index contributed by atoms with van der Waals surface area (Å²) in [5.41, 5.74) is 7.45. The molecule has 0 aliphatic heterocycles. The standard InChI is InChI=1S/C18H25N3O5/c1-10-14(19)15(20-21(10)17(22)26-18(2,3)4)11-8-12(23-5)16(25-7)13(9-11)24-6/h8-9H,19H2,1-7H3. The summed E-state index contributed by atoms with van der Waals surface area (Å²) in [6, 6.07) is 3.44. The van der Waals surface area contributed by atoms with Crippen molar-refractivity contribution in [3.63, 3.8) is 0 Å². The number of carbonyl (C=O) groups is 1. The number of nitrogen functional groups attached to an aromatic ring is 1. The van der Waals surface area contributed by atoms with E-state index < -0.39 is 11.7 Å². The first-order chi connectivity index (χ1) is 12.1. The smallest absolute Gasteiger partial charge is 0.435 e. The summed E-state index contributed by atoms with van der Waals surface area (Å²) in [5, 5.41) is 4.34. The number of hydrogen-bond acceptors (Lipinski definition) is 7. The van der Waals surface area contributed by atoms with Crippen LogP contribution in [0.25, 0.3) is 11.3 Å². The van der Waals surface area contributed by atoms with Crippen LogP contribution < -0.4 is 19.9 Å². The third kappa shape index (κ3) is 3.68. The largest absolute Gasteiger partial charge is 0.493 e. The number of anilines is 1. The van der Waals surface area contributed by atoms with Crippen molar-refractivity contribution in [1.29, 1.82) is 0 Å². The normalized spacial score (nSPS) is 11.2. The highest BCUT2D eigenvalue weighted by Gasteiger charge is 2.24. The lowest BCUT2D eigenvalue weighted by Crippen LogP contribution is -2.28. The Morgan fingerprint density at radius 1 is 1.08 bits per heavy atom. The molecule has 8 nitrogen and oxygen atoms in total. The number of methoxy groups -OCH3 is 3. The van der Waals surface area contributed by atoms with Crippen LogP contribution in [0, 0.1) is 6.92 Å². The molecule has 0 atom stereocenters. The molecule has 0 fully saturated rings. The van der Waals surface area contributed by atoms with E-state index >= 15 is 0 Å². The lowest BCUT2D eigenvalue weighted by Gasteiger charge is -2.19. The maximum Gasteiger partial charge on any atom is 0.435 e. The second-order valence-corrected chi connectivity index (χ2v) is 6.65. The lowest BCUT2D eigenvalue weighted by molar-refractivity contribution is 0.0511. The van der Waals surface area contributed by atoms with Gasteiger partial charge < -0.3 is 24.7 Å². The number of nitrogens with zero attached hydrogens (tertiary/aromatic N) is 2. The minimum Gasteiger partial charge on any atom is -0.493 e. The molecule has 142 valence electrons. The molecule has 0 aliphatic rings. The zero-order valence-corrected chi connectivity index (χ0v) is 16.2. The van der Waals surface area contributed by atoms with E-state index in [1.807, 2.05) is 0 Å². The number of carbonyl (C=O) groups excluding carboxylic acids is 1. The van der Waals surface area contributed by atoms with Crippen molar-refractivity contribution < 1.29 is 23.7 Å². The van der Waals surface area contributed by atoms with Gasteiger partial charge in [-0.1, -0.05) is 0 Å². The summed E-state index contributed by atoms with van der Waals surface area (Å²) in [6.45, 7) is 7.06. The Morgan fingerprint density at radius 2 is 1.62 bits per heavy atom. The van der Waals surface area contributed by atoms with Gasteiger partial charge in [0, 0.05) is 5.56 Å². The summed E-state index contributed by atoms with van der Waals surface area (Å²) in [6.07, 6.45) is -0.597. The van der Waals surface area contributed by atoms with Crippen molar-refractivity contribution in [2.45, 2.75) is 33.3 Å². The number of hydrogen-bond donors (Lipinski definition) is 1. The van der Waals surface area contributed by atoms with Crippen molar-refractivity contribution in [3.05, 3.63) is 17.8 Å². The molecule has 0 radical (unpaired) electrons. The van der Waals surface area contributed by atoms with Crippen LogP contribution >= 0.6 is 0 Å². The molecule has 26 heavy (non-hydrogen) atoms. The van der Waals surface area contributed by atoms with Crippen molar-refractivity contribution in [3.8, 4) is 28.5 Å². The summed E-state index contributed by atoms with van der Waals surface area (Å²) >= 11 is 0. The van der Waals surface area contributed by atoms with Gasteiger partial charge in [-0.25, -0.2) is 4.79 Å². The maximum atomic E-state index is 12.4. The predicted octanol–water partition coefficient (Wildman–Crippen LogP) is 3.25. The molecule has 1 aromatic heterocycles. The molecule has 1 heterocycles. The Labute approximate surface area is 152 Å². The van der Waals surface area contributed by atoms with Crippen LogP contribution in [0.1, 0.15) is 26.5 Å². The van der Waals surface area contributed by atoms with Crippen molar-refractivity contribution >= 4 is 11.8 Å². The average Bonchev–Trinajstić information content (AvgIpc) is 2.87. The van der Waals surface area contributed by atoms with Crippen LogP contribution in [0.3, 0.4) is 0 Å². The summed E-state index contributed by atoms with van der Waals surface area (Å²) in [7, 11) is 4.57. The second-order valence-electron chi connectivity index (χ2n) is 6.65. The Kier molecular flexibility index (Phi) is 5.34. The summed E-state index contributed by atoms with van der Waals surface area (Å²) < 4.78 is 22.6. The van der Waals surface area contributed by atoms with Gasteiger partial charge >= 0.3 is 6.09 Å². The van der Waals surface area contributed by atoms with Crippen molar-refractivity contribution in [2.24, 2.45) is 0 Å². The van der Waals surface area contributed by atoms with Crippen LogP contribution in [-0.4, -0.2) is 42.8 Å². The SMILES string of the molecule is COc1cc(-c2nn(C(=O)OC(C)(C)C)c(C)c2N)cc(OC)c1OC. The van der Waals surface area contributed by atoms with Gasteiger partial charge in [0.05, 0.1) is 32.7 Å². The first-order valence-electron chi connectivity index (χ1n) is 8.01. The predicted molar refractivity (Wildman–Crippen MR) is 98.1 cm³/mol. The molecule has 0 spiro atoms. The van der Waals surface area contributed by atoms with E-state index in [9.17, 15) is 4.79 Å². The van der Waals surface area contributed by atoms with Gasteiger partial charge in [-0.3, -0.25) is 0 Å². The molecule has 0 saturated heterocycles. The topological polar surface area (TPSA) is 97.8 Å². The highest BCUT2D eigenvalue weighted by Crippen LogP contribution is 2.42. The second kappa shape index (κ2) is 7.15. The zero-order chi connectivity index (χ0) is 19.6. The molecular weight excluding hydrogens is 338 g/mol. The van der Waals surface area contributed by atoms with Gasteiger partial charge in [-0.05, 0) is 39.8 Å². The molecule has 8 heteroatoms. The third-order valence-electron chi connectivity index (χ3n) is 3.67. The fourth-order valence-corrected chi connectivity index (χ4v) is 2.43. The maximum absolute atomic E-state index is 12.4. The van der Waals surface area contributed by atoms with Crippen LogP contribution in [-0.2, 0) is 4.74 Å². The highest BCUT2D eigenvalue weighted by atomic mass is 16.6. The number of rotatable bonds is 4. The average molecular weight is 363 g/mol. The Balaban J connectivity index is 2.57. The minimum atomic E-state index is -0.642. The molecule has 0 saturated carbocycles. The van der Waals surface area contributed by atoms with E-state index in [4.69, 9.17) is 24.7 Å². The van der Waals surface area contributed by atoms with Gasteiger partial charge in [0.2, 0.25) is 5.75 Å². The van der Waals surface area contributed by atoms with E-state index in [-0.39, 0.29) is 0 Å². The minimum absolute atomic E-state index is 0.366. The third-order valence-corrected chi connectivity index (χ3v) is 3.67. The van der Waals surface area contributed by atoms with Crippen LogP contribution in [0.15, 0.2) is 12.1 Å². The molecule has 0 bridgehead atoms. The van der Waals surface area contributed by atoms with E-state index in [0.29, 0.717) is 39.9 Å². The molecule has 0 unspecified atom stereocenters. The molecular formula is C18H25N3O5. The summed E-state index contributed by atoms with van der Waals surface area (Å²) in [5.74, 6) is 1.39. The Bertz CT molecular complexity index is 796. The number of benzene rings is 1. The number of nitrogens with two attached hydrogens (primary N) is 1. The van der Waals surface area contributed by atoms with E-state index in [2.05, 4.69) is 5.10 Å². The van der Waals surface area contributed by atoms with Gasteiger partial charge in [0.15, 0.2) is 11.5 Å². The van der Waals surface area contributed by atoms with Crippen molar-refractivity contribution in [1.82, 2.24) is 9.78 Å². The molecule has 0 amide bonds. The first kappa shape index (κ1) is 19.4. The van der Waals surface area contributed by atoms with Crippen LogP contribution in [0.4, 0.5) is 10.5 Å². The first-order valence-corrected chi connectivity index (χ1v) is 8.01.